The number of nitrogens with two attached hydrogens (primary N) is 1. The summed E-state index contributed by atoms with van der Waals surface area (Å²) in [5.74, 6) is 0.588. The molecule has 0 aromatic heterocycles. The minimum Gasteiger partial charge on any atom is -0.342 e. The highest BCUT2D eigenvalue weighted by molar-refractivity contribution is 5.79. The van der Waals surface area contributed by atoms with Crippen LogP contribution in [0.3, 0.4) is 0 Å². The zero-order valence-electron chi connectivity index (χ0n) is 12.4. The summed E-state index contributed by atoms with van der Waals surface area (Å²) >= 11 is 0. The van der Waals surface area contributed by atoms with E-state index in [-0.39, 0.29) is 11.3 Å². The van der Waals surface area contributed by atoms with Crippen molar-refractivity contribution < 1.29 is 4.79 Å². The van der Waals surface area contributed by atoms with Crippen molar-refractivity contribution in [1.29, 1.82) is 0 Å². The van der Waals surface area contributed by atoms with Crippen LogP contribution in [0.4, 0.5) is 0 Å². The fourth-order valence-corrected chi connectivity index (χ4v) is 3.06. The Labute approximate surface area is 112 Å². The smallest absolute Gasteiger partial charge is 0.226 e. The molecule has 0 aromatic carbocycles. The van der Waals surface area contributed by atoms with Crippen molar-refractivity contribution in [1.82, 2.24) is 4.90 Å². The van der Waals surface area contributed by atoms with E-state index in [0.29, 0.717) is 12.5 Å². The van der Waals surface area contributed by atoms with Gasteiger partial charge in [-0.1, -0.05) is 33.6 Å². The second-order valence-electron chi connectivity index (χ2n) is 6.25. The lowest BCUT2D eigenvalue weighted by Crippen LogP contribution is -2.44. The second kappa shape index (κ2) is 7.13. The molecule has 1 aliphatic rings. The third-order valence-electron chi connectivity index (χ3n) is 4.24. The molecule has 0 spiro atoms. The van der Waals surface area contributed by atoms with E-state index >= 15 is 0 Å². The highest BCUT2D eigenvalue weighted by atomic mass is 16.2. The summed E-state index contributed by atoms with van der Waals surface area (Å²) < 4.78 is 0. The van der Waals surface area contributed by atoms with Crippen molar-refractivity contribution in [3.8, 4) is 0 Å². The van der Waals surface area contributed by atoms with Crippen LogP contribution in [0.5, 0.6) is 0 Å². The molecule has 1 unspecified atom stereocenters. The normalized spacial score (nSPS) is 22.8. The summed E-state index contributed by atoms with van der Waals surface area (Å²) in [6.07, 6.45) is 6.67. The second-order valence-corrected chi connectivity index (χ2v) is 6.25. The van der Waals surface area contributed by atoms with Gasteiger partial charge in [0.2, 0.25) is 5.91 Å². The largest absolute Gasteiger partial charge is 0.342 e. The van der Waals surface area contributed by atoms with Gasteiger partial charge >= 0.3 is 0 Å². The van der Waals surface area contributed by atoms with Gasteiger partial charge in [-0.05, 0) is 37.6 Å². The molecule has 1 rings (SSSR count). The maximum Gasteiger partial charge on any atom is 0.226 e. The first kappa shape index (κ1) is 15.5. The third kappa shape index (κ3) is 3.98. The van der Waals surface area contributed by atoms with Crippen LogP contribution in [-0.4, -0.2) is 30.4 Å². The molecule has 3 nitrogen and oxygen atoms in total. The molecule has 0 saturated heterocycles. The number of carbonyl (C=O) groups is 1. The lowest BCUT2D eigenvalue weighted by Gasteiger charge is -2.40. The minimum atomic E-state index is 0.171. The molecule has 1 saturated carbocycles. The van der Waals surface area contributed by atoms with E-state index in [1.54, 1.807) is 0 Å². The molecular formula is C15H30N2O. The predicted molar refractivity (Wildman–Crippen MR) is 76.3 cm³/mol. The van der Waals surface area contributed by atoms with E-state index in [0.717, 1.165) is 32.4 Å². The molecule has 0 radical (unpaired) electrons. The number of rotatable bonds is 6. The maximum atomic E-state index is 12.7. The van der Waals surface area contributed by atoms with Crippen LogP contribution in [-0.2, 0) is 4.79 Å². The van der Waals surface area contributed by atoms with E-state index < -0.39 is 0 Å². The summed E-state index contributed by atoms with van der Waals surface area (Å²) in [7, 11) is 0. The van der Waals surface area contributed by atoms with Crippen LogP contribution in [0.25, 0.3) is 0 Å². The van der Waals surface area contributed by atoms with Crippen LogP contribution in [0.15, 0.2) is 0 Å². The molecule has 0 bridgehead atoms. The average Bonchev–Trinajstić information content (AvgIpc) is 2.33. The van der Waals surface area contributed by atoms with Crippen molar-refractivity contribution in [2.45, 2.75) is 59.3 Å². The van der Waals surface area contributed by atoms with E-state index in [1.165, 1.54) is 19.3 Å². The Bertz CT molecular complexity index is 263. The summed E-state index contributed by atoms with van der Waals surface area (Å²) in [6.45, 7) is 9.01. The molecular weight excluding hydrogens is 224 g/mol. The average molecular weight is 254 g/mol. The fourth-order valence-electron chi connectivity index (χ4n) is 3.06. The molecule has 1 fully saturated rings. The summed E-state index contributed by atoms with van der Waals surface area (Å²) in [5, 5.41) is 0. The number of nitrogens with zero attached hydrogens (tertiary/aromatic N) is 1. The monoisotopic (exact) mass is 254 g/mol. The molecule has 0 heterocycles. The highest BCUT2D eigenvalue weighted by Gasteiger charge is 2.38. The topological polar surface area (TPSA) is 46.3 Å². The van der Waals surface area contributed by atoms with E-state index in [1.807, 2.05) is 4.90 Å². The van der Waals surface area contributed by atoms with Gasteiger partial charge < -0.3 is 10.6 Å². The summed E-state index contributed by atoms with van der Waals surface area (Å²) in [6, 6.07) is 0. The zero-order valence-corrected chi connectivity index (χ0v) is 12.4. The predicted octanol–water partition coefficient (Wildman–Crippen LogP) is 2.79. The van der Waals surface area contributed by atoms with E-state index in [9.17, 15) is 4.79 Å². The van der Waals surface area contributed by atoms with E-state index in [4.69, 9.17) is 5.73 Å². The van der Waals surface area contributed by atoms with Crippen LogP contribution in [0.2, 0.25) is 0 Å². The van der Waals surface area contributed by atoms with Gasteiger partial charge in [0.15, 0.2) is 0 Å². The van der Waals surface area contributed by atoms with Crippen molar-refractivity contribution in [2.24, 2.45) is 17.1 Å². The van der Waals surface area contributed by atoms with Crippen molar-refractivity contribution in [2.75, 3.05) is 19.6 Å². The number of carbonyl (C=O) groups excluding carboxylic acids is 1. The van der Waals surface area contributed by atoms with Crippen LogP contribution < -0.4 is 5.73 Å². The number of amides is 1. The Balaban J connectivity index is 2.67. The van der Waals surface area contributed by atoms with Gasteiger partial charge in [0.05, 0.1) is 0 Å². The van der Waals surface area contributed by atoms with Crippen LogP contribution in [0.1, 0.15) is 59.3 Å². The first-order chi connectivity index (χ1) is 8.53. The SMILES string of the molecule is CCCN(CCCN)C(=O)C1CCCCC1(C)C. The Morgan fingerprint density at radius 3 is 2.61 bits per heavy atom. The summed E-state index contributed by atoms with van der Waals surface area (Å²) in [4.78, 5) is 14.7. The zero-order chi connectivity index (χ0) is 13.6. The fraction of sp³-hybridized carbons (Fsp3) is 0.933. The van der Waals surface area contributed by atoms with Gasteiger partial charge in [0, 0.05) is 19.0 Å². The van der Waals surface area contributed by atoms with Crippen molar-refractivity contribution in [3.05, 3.63) is 0 Å². The number of hydrogen-bond donors (Lipinski definition) is 1. The molecule has 2 N–H and O–H groups in total. The van der Waals surface area contributed by atoms with Crippen molar-refractivity contribution in [3.63, 3.8) is 0 Å². The highest BCUT2D eigenvalue weighted by Crippen LogP contribution is 2.41. The lowest BCUT2D eigenvalue weighted by atomic mass is 9.68. The minimum absolute atomic E-state index is 0.171. The first-order valence-corrected chi connectivity index (χ1v) is 7.51. The Hall–Kier alpha value is -0.570. The van der Waals surface area contributed by atoms with Crippen LogP contribution in [0, 0.1) is 11.3 Å². The van der Waals surface area contributed by atoms with Gasteiger partial charge in [0.25, 0.3) is 0 Å². The molecule has 0 aromatic rings. The molecule has 18 heavy (non-hydrogen) atoms. The Kier molecular flexibility index (Phi) is 6.13. The molecule has 3 heteroatoms. The van der Waals surface area contributed by atoms with E-state index in [2.05, 4.69) is 20.8 Å². The first-order valence-electron chi connectivity index (χ1n) is 7.51. The Morgan fingerprint density at radius 2 is 2.06 bits per heavy atom. The standard InChI is InChI=1S/C15H30N2O/c1-4-11-17(12-7-10-16)14(18)13-8-5-6-9-15(13,2)3/h13H,4-12,16H2,1-3H3. The Morgan fingerprint density at radius 1 is 1.33 bits per heavy atom. The van der Waals surface area contributed by atoms with Gasteiger partial charge in [-0.2, -0.15) is 0 Å². The van der Waals surface area contributed by atoms with Gasteiger partial charge in [-0.15, -0.1) is 0 Å². The molecule has 106 valence electrons. The molecule has 1 aliphatic carbocycles. The molecule has 1 amide bonds. The van der Waals surface area contributed by atoms with Crippen LogP contribution >= 0.6 is 0 Å². The van der Waals surface area contributed by atoms with Gasteiger partial charge in [-0.25, -0.2) is 0 Å². The van der Waals surface area contributed by atoms with Gasteiger partial charge in [-0.3, -0.25) is 4.79 Å². The lowest BCUT2D eigenvalue weighted by molar-refractivity contribution is -0.141. The third-order valence-corrected chi connectivity index (χ3v) is 4.24. The number of hydrogen-bond acceptors (Lipinski definition) is 2. The molecule has 1 atom stereocenters. The molecule has 0 aliphatic heterocycles. The maximum absolute atomic E-state index is 12.7. The summed E-state index contributed by atoms with van der Waals surface area (Å²) in [5.41, 5.74) is 5.74. The quantitative estimate of drug-likeness (QED) is 0.792. The van der Waals surface area contributed by atoms with Crippen molar-refractivity contribution >= 4 is 5.91 Å². The van der Waals surface area contributed by atoms with Gasteiger partial charge in [0.1, 0.15) is 0 Å².